The summed E-state index contributed by atoms with van der Waals surface area (Å²) < 4.78 is 0. The first kappa shape index (κ1) is 10.6. The molecule has 0 saturated heterocycles. The van der Waals surface area contributed by atoms with Crippen LogP contribution in [0.3, 0.4) is 0 Å². The van der Waals surface area contributed by atoms with Crippen LogP contribution in [0, 0.1) is 0 Å². The lowest BCUT2D eigenvalue weighted by Gasteiger charge is -2.01. The molecule has 0 unspecified atom stereocenters. The Balaban J connectivity index is 2.11. The van der Waals surface area contributed by atoms with Gasteiger partial charge in [-0.3, -0.25) is 4.98 Å². The summed E-state index contributed by atoms with van der Waals surface area (Å²) in [5.74, 6) is 0. The summed E-state index contributed by atoms with van der Waals surface area (Å²) in [6, 6.07) is 12.7. The van der Waals surface area contributed by atoms with Crippen molar-refractivity contribution in [2.24, 2.45) is 0 Å². The monoisotopic (exact) mass is 209 g/mol. The number of aromatic nitrogens is 1. The maximum atomic E-state index is 4.12. The summed E-state index contributed by atoms with van der Waals surface area (Å²) in [5.41, 5.74) is 3.82. The van der Waals surface area contributed by atoms with Crippen LogP contribution in [0.15, 0.2) is 54.9 Å². The maximum absolute atomic E-state index is 4.12. The minimum Gasteiger partial charge on any atom is -0.264 e. The van der Waals surface area contributed by atoms with Crippen molar-refractivity contribution >= 4 is 6.08 Å². The highest BCUT2D eigenvalue weighted by Crippen LogP contribution is 2.10. The zero-order valence-corrected chi connectivity index (χ0v) is 9.43. The minimum absolute atomic E-state index is 0.948. The van der Waals surface area contributed by atoms with Gasteiger partial charge in [-0.05, 0) is 36.1 Å². The lowest BCUT2D eigenvalue weighted by atomic mass is 10.0. The summed E-state index contributed by atoms with van der Waals surface area (Å²) in [6.07, 6.45) is 8.83. The van der Waals surface area contributed by atoms with E-state index in [0.717, 1.165) is 6.42 Å². The van der Waals surface area contributed by atoms with Crippen LogP contribution in [0.25, 0.3) is 6.08 Å². The topological polar surface area (TPSA) is 12.9 Å². The molecule has 80 valence electrons. The fraction of sp³-hybridized carbons (Fsp3) is 0.133. The zero-order valence-electron chi connectivity index (χ0n) is 9.43. The predicted molar refractivity (Wildman–Crippen MR) is 68.2 cm³/mol. The minimum atomic E-state index is 0.948. The van der Waals surface area contributed by atoms with Gasteiger partial charge in [0.2, 0.25) is 0 Å². The van der Waals surface area contributed by atoms with Crippen LogP contribution >= 0.6 is 0 Å². The van der Waals surface area contributed by atoms with E-state index in [2.05, 4.69) is 47.5 Å². The summed E-state index contributed by atoms with van der Waals surface area (Å²) in [4.78, 5) is 4.12. The molecule has 0 radical (unpaired) electrons. The first-order valence-electron chi connectivity index (χ1n) is 5.49. The van der Waals surface area contributed by atoms with Crippen LogP contribution in [0.5, 0.6) is 0 Å². The first-order valence-corrected chi connectivity index (χ1v) is 5.49. The van der Waals surface area contributed by atoms with Crippen molar-refractivity contribution in [3.8, 4) is 0 Å². The smallest absolute Gasteiger partial charge is 0.0303 e. The molecular formula is C15H15N. The van der Waals surface area contributed by atoms with Gasteiger partial charge in [0.25, 0.3) is 0 Å². The van der Waals surface area contributed by atoms with Gasteiger partial charge in [-0.1, -0.05) is 42.5 Å². The van der Waals surface area contributed by atoms with E-state index >= 15 is 0 Å². The summed E-state index contributed by atoms with van der Waals surface area (Å²) in [5, 5.41) is 0. The molecule has 16 heavy (non-hydrogen) atoms. The van der Waals surface area contributed by atoms with Gasteiger partial charge in [0.1, 0.15) is 0 Å². The number of hydrogen-bond donors (Lipinski definition) is 0. The van der Waals surface area contributed by atoms with Gasteiger partial charge < -0.3 is 0 Å². The van der Waals surface area contributed by atoms with Crippen LogP contribution in [0.4, 0.5) is 0 Å². The lowest BCUT2D eigenvalue weighted by molar-refractivity contribution is 1.14. The SMILES string of the molecule is C/C=C/c1ccc(Cc2cccnc2)cc1. The molecular weight excluding hydrogens is 194 g/mol. The molecule has 1 aromatic carbocycles. The van der Waals surface area contributed by atoms with E-state index < -0.39 is 0 Å². The number of hydrogen-bond acceptors (Lipinski definition) is 1. The third kappa shape index (κ3) is 2.80. The summed E-state index contributed by atoms with van der Waals surface area (Å²) in [7, 11) is 0. The largest absolute Gasteiger partial charge is 0.264 e. The molecule has 0 bridgehead atoms. The third-order valence-electron chi connectivity index (χ3n) is 2.47. The molecule has 0 spiro atoms. The van der Waals surface area contributed by atoms with Gasteiger partial charge in [-0.2, -0.15) is 0 Å². The summed E-state index contributed by atoms with van der Waals surface area (Å²) >= 11 is 0. The second-order valence-corrected chi connectivity index (χ2v) is 3.78. The van der Waals surface area contributed by atoms with Crippen molar-refractivity contribution in [3.05, 3.63) is 71.6 Å². The number of allylic oxidation sites excluding steroid dienone is 1. The van der Waals surface area contributed by atoms with E-state index in [1.807, 2.05) is 19.2 Å². The third-order valence-corrected chi connectivity index (χ3v) is 2.47. The average Bonchev–Trinajstić information content (AvgIpc) is 2.33. The van der Waals surface area contributed by atoms with Crippen LogP contribution in [0.2, 0.25) is 0 Å². The van der Waals surface area contributed by atoms with Gasteiger partial charge >= 0.3 is 0 Å². The number of benzene rings is 1. The Morgan fingerprint density at radius 2 is 1.88 bits per heavy atom. The van der Waals surface area contributed by atoms with Crippen LogP contribution in [0.1, 0.15) is 23.6 Å². The fourth-order valence-electron chi connectivity index (χ4n) is 1.68. The highest BCUT2D eigenvalue weighted by molar-refractivity contribution is 5.49. The molecule has 0 aliphatic heterocycles. The molecule has 0 fully saturated rings. The fourth-order valence-corrected chi connectivity index (χ4v) is 1.68. The van der Waals surface area contributed by atoms with E-state index in [1.165, 1.54) is 16.7 Å². The lowest BCUT2D eigenvalue weighted by Crippen LogP contribution is -1.88. The highest BCUT2D eigenvalue weighted by Gasteiger charge is 1.95. The Morgan fingerprint density at radius 1 is 1.06 bits per heavy atom. The van der Waals surface area contributed by atoms with Gasteiger partial charge in [0, 0.05) is 12.4 Å². The quantitative estimate of drug-likeness (QED) is 0.751. The molecule has 2 aromatic rings. The molecule has 0 aliphatic rings. The maximum Gasteiger partial charge on any atom is 0.0303 e. The standard InChI is InChI=1S/C15H15N/c1-2-4-13-6-8-14(9-7-13)11-15-5-3-10-16-12-15/h2-10,12H,11H2,1H3/b4-2+. The van der Waals surface area contributed by atoms with Crippen molar-refractivity contribution in [3.63, 3.8) is 0 Å². The molecule has 1 aromatic heterocycles. The van der Waals surface area contributed by atoms with E-state index in [0.29, 0.717) is 0 Å². The normalized spacial score (nSPS) is 10.8. The van der Waals surface area contributed by atoms with Gasteiger partial charge in [0.05, 0.1) is 0 Å². The van der Waals surface area contributed by atoms with Gasteiger partial charge in [-0.25, -0.2) is 0 Å². The molecule has 1 nitrogen and oxygen atoms in total. The molecule has 1 heterocycles. The van der Waals surface area contributed by atoms with E-state index in [1.54, 1.807) is 6.20 Å². The molecule has 1 heteroatoms. The van der Waals surface area contributed by atoms with Crippen LogP contribution in [-0.4, -0.2) is 4.98 Å². The zero-order chi connectivity index (χ0) is 11.2. The average molecular weight is 209 g/mol. The van der Waals surface area contributed by atoms with Crippen molar-refractivity contribution in [1.82, 2.24) is 4.98 Å². The Morgan fingerprint density at radius 3 is 2.50 bits per heavy atom. The Bertz CT molecular complexity index is 455. The van der Waals surface area contributed by atoms with Crippen LogP contribution in [-0.2, 0) is 6.42 Å². The number of rotatable bonds is 3. The van der Waals surface area contributed by atoms with Crippen molar-refractivity contribution in [1.29, 1.82) is 0 Å². The van der Waals surface area contributed by atoms with E-state index in [9.17, 15) is 0 Å². The molecule has 0 atom stereocenters. The van der Waals surface area contributed by atoms with E-state index in [-0.39, 0.29) is 0 Å². The first-order chi connectivity index (χ1) is 7.88. The molecule has 0 amide bonds. The second kappa shape index (κ2) is 5.26. The van der Waals surface area contributed by atoms with Crippen molar-refractivity contribution in [2.75, 3.05) is 0 Å². The van der Waals surface area contributed by atoms with E-state index in [4.69, 9.17) is 0 Å². The summed E-state index contributed by atoms with van der Waals surface area (Å²) in [6.45, 7) is 2.03. The Labute approximate surface area is 96.5 Å². The number of pyridine rings is 1. The van der Waals surface area contributed by atoms with Crippen LogP contribution < -0.4 is 0 Å². The number of nitrogens with zero attached hydrogens (tertiary/aromatic N) is 1. The van der Waals surface area contributed by atoms with Gasteiger partial charge in [0.15, 0.2) is 0 Å². The van der Waals surface area contributed by atoms with Crippen molar-refractivity contribution < 1.29 is 0 Å². The second-order valence-electron chi connectivity index (χ2n) is 3.78. The molecule has 2 rings (SSSR count). The van der Waals surface area contributed by atoms with Crippen molar-refractivity contribution in [2.45, 2.75) is 13.3 Å². The molecule has 0 saturated carbocycles. The molecule has 0 N–H and O–H groups in total. The Hall–Kier alpha value is -1.89. The predicted octanol–water partition coefficient (Wildman–Crippen LogP) is 3.71. The highest BCUT2D eigenvalue weighted by atomic mass is 14.6. The Kier molecular flexibility index (Phi) is 3.50. The van der Waals surface area contributed by atoms with Gasteiger partial charge in [-0.15, -0.1) is 0 Å². The molecule has 0 aliphatic carbocycles.